The number of pyridine rings is 1. The van der Waals surface area contributed by atoms with E-state index in [0.29, 0.717) is 5.69 Å². The van der Waals surface area contributed by atoms with E-state index in [1.54, 1.807) is 27.0 Å². The fourth-order valence-corrected chi connectivity index (χ4v) is 2.07. The molecule has 0 aliphatic carbocycles. The standard InChI is InChI=1S/C18H22FN3O2/c1-12(15-7-5-6-10-20-15)21-16-11-13(8-9-14(16)19)22-17(23)24-18(2,3)4/h5-12,21H,1-4H3,(H,22,23). The van der Waals surface area contributed by atoms with Crippen LogP contribution in [0, 0.1) is 5.82 Å². The molecule has 2 N–H and O–H groups in total. The van der Waals surface area contributed by atoms with Crippen LogP contribution in [0.15, 0.2) is 42.6 Å². The predicted molar refractivity (Wildman–Crippen MR) is 92.5 cm³/mol. The highest BCUT2D eigenvalue weighted by molar-refractivity contribution is 5.85. The van der Waals surface area contributed by atoms with Gasteiger partial charge in [0.1, 0.15) is 11.4 Å². The molecule has 0 spiro atoms. The normalized spacial score (nSPS) is 12.4. The van der Waals surface area contributed by atoms with Crippen molar-refractivity contribution < 1.29 is 13.9 Å². The Bertz CT molecular complexity index is 699. The highest BCUT2D eigenvalue weighted by Gasteiger charge is 2.17. The second-order valence-electron chi connectivity index (χ2n) is 6.44. The van der Waals surface area contributed by atoms with Crippen LogP contribution in [0.4, 0.5) is 20.6 Å². The van der Waals surface area contributed by atoms with Gasteiger partial charge in [0, 0.05) is 11.9 Å². The lowest BCUT2D eigenvalue weighted by Gasteiger charge is -2.20. The van der Waals surface area contributed by atoms with Gasteiger partial charge in [-0.2, -0.15) is 0 Å². The number of nitrogens with zero attached hydrogens (tertiary/aromatic N) is 1. The molecule has 2 aromatic rings. The second-order valence-corrected chi connectivity index (χ2v) is 6.44. The number of carbonyl (C=O) groups excluding carboxylic acids is 1. The monoisotopic (exact) mass is 331 g/mol. The van der Waals surface area contributed by atoms with Gasteiger partial charge in [-0.05, 0) is 58.0 Å². The third kappa shape index (κ3) is 5.22. The summed E-state index contributed by atoms with van der Waals surface area (Å²) in [5.74, 6) is -0.410. The maximum Gasteiger partial charge on any atom is 0.412 e. The smallest absolute Gasteiger partial charge is 0.412 e. The summed E-state index contributed by atoms with van der Waals surface area (Å²) in [5.41, 5.74) is 0.920. The third-order valence-corrected chi connectivity index (χ3v) is 3.12. The van der Waals surface area contributed by atoms with E-state index < -0.39 is 17.5 Å². The molecule has 6 heteroatoms. The minimum atomic E-state index is -0.599. The summed E-state index contributed by atoms with van der Waals surface area (Å²) >= 11 is 0. The summed E-state index contributed by atoms with van der Waals surface area (Å²) in [6, 6.07) is 9.67. The van der Waals surface area contributed by atoms with Gasteiger partial charge in [0.25, 0.3) is 0 Å². The Balaban J connectivity index is 2.10. The third-order valence-electron chi connectivity index (χ3n) is 3.12. The van der Waals surface area contributed by atoms with Gasteiger partial charge in [0.2, 0.25) is 0 Å². The van der Waals surface area contributed by atoms with Gasteiger partial charge in [-0.25, -0.2) is 9.18 Å². The van der Waals surface area contributed by atoms with Gasteiger partial charge in [-0.3, -0.25) is 10.3 Å². The SMILES string of the molecule is CC(Nc1cc(NC(=O)OC(C)(C)C)ccc1F)c1ccccn1. The molecule has 0 aliphatic heterocycles. The maximum atomic E-state index is 14.0. The molecule has 0 saturated heterocycles. The van der Waals surface area contributed by atoms with Crippen molar-refractivity contribution >= 4 is 17.5 Å². The number of ether oxygens (including phenoxy) is 1. The summed E-state index contributed by atoms with van der Waals surface area (Å²) < 4.78 is 19.2. The predicted octanol–water partition coefficient (Wildman–Crippen LogP) is 4.74. The molecule has 1 aromatic heterocycles. The number of halogens is 1. The molecule has 0 radical (unpaired) electrons. The molecule has 1 atom stereocenters. The molecule has 0 fully saturated rings. The molecule has 0 saturated carbocycles. The number of carbonyl (C=O) groups is 1. The molecule has 1 heterocycles. The summed E-state index contributed by atoms with van der Waals surface area (Å²) in [6.45, 7) is 7.21. The van der Waals surface area contributed by atoms with E-state index >= 15 is 0 Å². The van der Waals surface area contributed by atoms with Crippen LogP contribution in [-0.2, 0) is 4.74 Å². The van der Waals surface area contributed by atoms with E-state index in [1.165, 1.54) is 18.2 Å². The number of aromatic nitrogens is 1. The number of hydrogen-bond donors (Lipinski definition) is 2. The van der Waals surface area contributed by atoms with Gasteiger partial charge in [0.15, 0.2) is 0 Å². The molecule has 5 nitrogen and oxygen atoms in total. The van der Waals surface area contributed by atoms with Crippen molar-refractivity contribution in [1.29, 1.82) is 0 Å². The molecule has 1 amide bonds. The first-order chi connectivity index (χ1) is 11.2. The van der Waals surface area contributed by atoms with Crippen LogP contribution < -0.4 is 10.6 Å². The number of hydrogen-bond acceptors (Lipinski definition) is 4. The van der Waals surface area contributed by atoms with Gasteiger partial charge in [-0.1, -0.05) is 6.07 Å². The Labute approximate surface area is 141 Å². The second kappa shape index (κ2) is 7.29. The number of nitrogens with one attached hydrogen (secondary N) is 2. The first-order valence-corrected chi connectivity index (χ1v) is 7.71. The van der Waals surface area contributed by atoms with Gasteiger partial charge < -0.3 is 10.1 Å². The van der Waals surface area contributed by atoms with Crippen molar-refractivity contribution in [2.45, 2.75) is 39.3 Å². The van der Waals surface area contributed by atoms with Crippen LogP contribution in [0.3, 0.4) is 0 Å². The van der Waals surface area contributed by atoms with Crippen molar-refractivity contribution in [3.63, 3.8) is 0 Å². The molecule has 128 valence electrons. The Morgan fingerprint density at radius 1 is 1.25 bits per heavy atom. The Morgan fingerprint density at radius 3 is 2.62 bits per heavy atom. The van der Waals surface area contributed by atoms with Crippen LogP contribution in [0.2, 0.25) is 0 Å². The minimum Gasteiger partial charge on any atom is -0.444 e. The molecular weight excluding hydrogens is 309 g/mol. The highest BCUT2D eigenvalue weighted by Crippen LogP contribution is 2.24. The number of amides is 1. The zero-order chi connectivity index (χ0) is 17.7. The van der Waals surface area contributed by atoms with E-state index in [9.17, 15) is 9.18 Å². The van der Waals surface area contributed by atoms with Crippen molar-refractivity contribution in [3.05, 3.63) is 54.1 Å². The number of anilines is 2. The molecule has 0 aliphatic rings. The van der Waals surface area contributed by atoms with E-state index in [-0.39, 0.29) is 11.7 Å². The fraction of sp³-hybridized carbons (Fsp3) is 0.333. The van der Waals surface area contributed by atoms with Crippen LogP contribution in [0.25, 0.3) is 0 Å². The molecule has 0 bridgehead atoms. The Hall–Kier alpha value is -2.63. The van der Waals surface area contributed by atoms with Crippen LogP contribution >= 0.6 is 0 Å². The minimum absolute atomic E-state index is 0.183. The molecular formula is C18H22FN3O2. The van der Waals surface area contributed by atoms with E-state index in [4.69, 9.17) is 4.74 Å². The fourth-order valence-electron chi connectivity index (χ4n) is 2.07. The summed E-state index contributed by atoms with van der Waals surface area (Å²) in [4.78, 5) is 16.1. The zero-order valence-electron chi connectivity index (χ0n) is 14.3. The van der Waals surface area contributed by atoms with Crippen LogP contribution in [0.1, 0.15) is 39.4 Å². The van der Waals surface area contributed by atoms with Crippen molar-refractivity contribution in [3.8, 4) is 0 Å². The van der Waals surface area contributed by atoms with E-state index in [1.807, 2.05) is 25.1 Å². The Kier molecular flexibility index (Phi) is 5.39. The number of benzene rings is 1. The largest absolute Gasteiger partial charge is 0.444 e. The molecule has 1 unspecified atom stereocenters. The van der Waals surface area contributed by atoms with Crippen molar-refractivity contribution in [2.24, 2.45) is 0 Å². The lowest BCUT2D eigenvalue weighted by atomic mass is 10.2. The average Bonchev–Trinajstić information content (AvgIpc) is 2.49. The van der Waals surface area contributed by atoms with E-state index in [2.05, 4.69) is 15.6 Å². The first-order valence-electron chi connectivity index (χ1n) is 7.71. The van der Waals surface area contributed by atoms with Crippen molar-refractivity contribution in [1.82, 2.24) is 4.98 Å². The lowest BCUT2D eigenvalue weighted by Crippen LogP contribution is -2.27. The van der Waals surface area contributed by atoms with E-state index in [0.717, 1.165) is 5.69 Å². The number of rotatable bonds is 4. The molecule has 1 aromatic carbocycles. The van der Waals surface area contributed by atoms with Crippen LogP contribution in [-0.4, -0.2) is 16.7 Å². The van der Waals surface area contributed by atoms with Gasteiger partial charge in [0.05, 0.1) is 17.4 Å². The van der Waals surface area contributed by atoms with Gasteiger partial charge >= 0.3 is 6.09 Å². The Morgan fingerprint density at radius 2 is 2.00 bits per heavy atom. The van der Waals surface area contributed by atoms with Crippen LogP contribution in [0.5, 0.6) is 0 Å². The maximum absolute atomic E-state index is 14.0. The van der Waals surface area contributed by atoms with Crippen molar-refractivity contribution in [2.75, 3.05) is 10.6 Å². The topological polar surface area (TPSA) is 63.2 Å². The summed E-state index contributed by atoms with van der Waals surface area (Å²) in [5, 5.41) is 5.65. The molecule has 2 rings (SSSR count). The summed E-state index contributed by atoms with van der Waals surface area (Å²) in [7, 11) is 0. The highest BCUT2D eigenvalue weighted by atomic mass is 19.1. The zero-order valence-corrected chi connectivity index (χ0v) is 14.3. The average molecular weight is 331 g/mol. The first kappa shape index (κ1) is 17.7. The summed E-state index contributed by atoms with van der Waals surface area (Å²) in [6.07, 6.45) is 1.10. The lowest BCUT2D eigenvalue weighted by molar-refractivity contribution is 0.0636. The quantitative estimate of drug-likeness (QED) is 0.849. The molecule has 24 heavy (non-hydrogen) atoms. The van der Waals surface area contributed by atoms with Gasteiger partial charge in [-0.15, -0.1) is 0 Å².